The normalized spacial score (nSPS) is 10.1. The summed E-state index contributed by atoms with van der Waals surface area (Å²) < 4.78 is 10.2. The number of ether oxygens (including phenoxy) is 2. The number of nitrogens with zero attached hydrogens (tertiary/aromatic N) is 3. The average molecular weight is 297 g/mol. The summed E-state index contributed by atoms with van der Waals surface area (Å²) in [4.78, 5) is 17.8. The fraction of sp³-hybridized carbons (Fsp3) is 0.0909. The number of nitrogens with two attached hydrogens (primary N) is 1. The first-order valence-corrected chi connectivity index (χ1v) is 5.67. The second-order valence-electron chi connectivity index (χ2n) is 3.58. The SMILES string of the molecule is COc1ccc(Oc2ncnc(Cl)c2N)cc1[N+](=O)[O-]. The van der Waals surface area contributed by atoms with Crippen molar-refractivity contribution < 1.29 is 14.4 Å². The van der Waals surface area contributed by atoms with E-state index in [-0.39, 0.29) is 33.9 Å². The number of anilines is 1. The van der Waals surface area contributed by atoms with Crippen LogP contribution in [0.5, 0.6) is 17.4 Å². The second kappa shape index (κ2) is 5.57. The number of nitro groups is 1. The number of nitrogen functional groups attached to an aromatic ring is 1. The molecular formula is C11H9ClN4O4. The third-order valence-corrected chi connectivity index (χ3v) is 2.66. The molecule has 104 valence electrons. The van der Waals surface area contributed by atoms with Crippen LogP contribution in [-0.4, -0.2) is 22.0 Å². The summed E-state index contributed by atoms with van der Waals surface area (Å²) in [6.45, 7) is 0. The number of nitro benzene ring substituents is 1. The van der Waals surface area contributed by atoms with Gasteiger partial charge in [0, 0.05) is 0 Å². The highest BCUT2D eigenvalue weighted by molar-refractivity contribution is 6.32. The molecule has 0 fully saturated rings. The molecule has 1 aromatic carbocycles. The van der Waals surface area contributed by atoms with Gasteiger partial charge in [0.1, 0.15) is 17.8 Å². The molecule has 0 aliphatic rings. The Bertz CT molecular complexity index is 665. The lowest BCUT2D eigenvalue weighted by atomic mass is 10.3. The largest absolute Gasteiger partial charge is 0.490 e. The molecule has 8 nitrogen and oxygen atoms in total. The molecule has 0 unspecified atom stereocenters. The van der Waals surface area contributed by atoms with Crippen molar-refractivity contribution in [2.75, 3.05) is 12.8 Å². The Kier molecular flexibility index (Phi) is 3.85. The Morgan fingerprint density at radius 2 is 2.15 bits per heavy atom. The molecule has 0 aliphatic heterocycles. The number of aromatic nitrogens is 2. The van der Waals surface area contributed by atoms with Crippen LogP contribution >= 0.6 is 11.6 Å². The number of halogens is 1. The third kappa shape index (κ3) is 2.69. The van der Waals surface area contributed by atoms with E-state index in [1.165, 1.54) is 31.6 Å². The fourth-order valence-electron chi connectivity index (χ4n) is 1.43. The van der Waals surface area contributed by atoms with E-state index in [1.807, 2.05) is 0 Å². The Labute approximate surface area is 118 Å². The van der Waals surface area contributed by atoms with Crippen LogP contribution in [0.2, 0.25) is 5.15 Å². The molecule has 0 spiro atoms. The molecule has 1 heterocycles. The first kappa shape index (κ1) is 13.8. The second-order valence-corrected chi connectivity index (χ2v) is 3.93. The number of hydrogen-bond acceptors (Lipinski definition) is 7. The van der Waals surface area contributed by atoms with Crippen LogP contribution in [0.3, 0.4) is 0 Å². The monoisotopic (exact) mass is 296 g/mol. The lowest BCUT2D eigenvalue weighted by molar-refractivity contribution is -0.385. The molecule has 0 radical (unpaired) electrons. The van der Waals surface area contributed by atoms with E-state index in [2.05, 4.69) is 9.97 Å². The first-order valence-electron chi connectivity index (χ1n) is 5.29. The maximum absolute atomic E-state index is 10.9. The molecule has 0 saturated heterocycles. The highest BCUT2D eigenvalue weighted by Gasteiger charge is 2.17. The minimum Gasteiger partial charge on any atom is -0.490 e. The van der Waals surface area contributed by atoms with Gasteiger partial charge in [-0.2, -0.15) is 4.98 Å². The Hall–Kier alpha value is -2.61. The van der Waals surface area contributed by atoms with Crippen LogP contribution in [0.4, 0.5) is 11.4 Å². The third-order valence-electron chi connectivity index (χ3n) is 2.36. The van der Waals surface area contributed by atoms with Gasteiger partial charge in [0.25, 0.3) is 0 Å². The zero-order valence-electron chi connectivity index (χ0n) is 10.2. The Morgan fingerprint density at radius 1 is 1.40 bits per heavy atom. The fourth-order valence-corrected chi connectivity index (χ4v) is 1.55. The molecule has 1 aromatic heterocycles. The van der Waals surface area contributed by atoms with Gasteiger partial charge in [-0.15, -0.1) is 0 Å². The van der Waals surface area contributed by atoms with E-state index < -0.39 is 4.92 Å². The van der Waals surface area contributed by atoms with Crippen molar-refractivity contribution in [2.24, 2.45) is 0 Å². The maximum atomic E-state index is 10.9. The Morgan fingerprint density at radius 3 is 2.80 bits per heavy atom. The lowest BCUT2D eigenvalue weighted by Crippen LogP contribution is -1.98. The van der Waals surface area contributed by atoms with Gasteiger partial charge in [-0.05, 0) is 12.1 Å². The molecule has 2 rings (SSSR count). The van der Waals surface area contributed by atoms with E-state index >= 15 is 0 Å². The van der Waals surface area contributed by atoms with E-state index in [4.69, 9.17) is 26.8 Å². The standard InChI is InChI=1S/C11H9ClN4O4/c1-19-8-3-2-6(4-7(8)16(17)18)20-11-9(13)10(12)14-5-15-11/h2-5H,13H2,1H3. The van der Waals surface area contributed by atoms with Crippen molar-refractivity contribution in [1.82, 2.24) is 9.97 Å². The van der Waals surface area contributed by atoms with Crippen molar-refractivity contribution in [3.63, 3.8) is 0 Å². The first-order chi connectivity index (χ1) is 9.52. The van der Waals surface area contributed by atoms with E-state index in [1.54, 1.807) is 0 Å². The van der Waals surface area contributed by atoms with Gasteiger partial charge < -0.3 is 15.2 Å². The minimum absolute atomic E-state index is 0.0180. The smallest absolute Gasteiger partial charge is 0.314 e. The lowest BCUT2D eigenvalue weighted by Gasteiger charge is -2.08. The quantitative estimate of drug-likeness (QED) is 0.523. The van der Waals surface area contributed by atoms with Crippen LogP contribution in [0, 0.1) is 10.1 Å². The van der Waals surface area contributed by atoms with Crippen LogP contribution in [0.15, 0.2) is 24.5 Å². The topological polar surface area (TPSA) is 113 Å². The molecular weight excluding hydrogens is 288 g/mol. The molecule has 0 aliphatic carbocycles. The molecule has 20 heavy (non-hydrogen) atoms. The van der Waals surface area contributed by atoms with Crippen LogP contribution in [-0.2, 0) is 0 Å². The van der Waals surface area contributed by atoms with Gasteiger partial charge in [0.15, 0.2) is 10.9 Å². The van der Waals surface area contributed by atoms with E-state index in [9.17, 15) is 10.1 Å². The predicted octanol–water partition coefficient (Wildman–Crippen LogP) is 2.42. The highest BCUT2D eigenvalue weighted by Crippen LogP contribution is 2.34. The molecule has 9 heteroatoms. The summed E-state index contributed by atoms with van der Waals surface area (Å²) >= 11 is 5.73. The molecule has 0 saturated carbocycles. The number of methoxy groups -OCH3 is 1. The number of benzene rings is 1. The maximum Gasteiger partial charge on any atom is 0.314 e. The molecule has 0 atom stereocenters. The summed E-state index contributed by atoms with van der Waals surface area (Å²) in [5.41, 5.74) is 5.46. The van der Waals surface area contributed by atoms with Crippen LogP contribution in [0.1, 0.15) is 0 Å². The summed E-state index contributed by atoms with van der Waals surface area (Å²) in [5.74, 6) is 0.319. The average Bonchev–Trinajstić information content (AvgIpc) is 2.43. The molecule has 2 aromatic rings. The highest BCUT2D eigenvalue weighted by atomic mass is 35.5. The van der Waals surface area contributed by atoms with E-state index in [0.717, 1.165) is 0 Å². The molecule has 0 amide bonds. The van der Waals surface area contributed by atoms with Crippen molar-refractivity contribution in [3.8, 4) is 17.4 Å². The number of rotatable bonds is 4. The van der Waals surface area contributed by atoms with Gasteiger partial charge in [0.05, 0.1) is 18.1 Å². The van der Waals surface area contributed by atoms with Crippen molar-refractivity contribution >= 4 is 23.0 Å². The van der Waals surface area contributed by atoms with Crippen molar-refractivity contribution in [3.05, 3.63) is 39.8 Å². The van der Waals surface area contributed by atoms with Crippen LogP contribution < -0.4 is 15.2 Å². The Balaban J connectivity index is 2.37. The zero-order valence-corrected chi connectivity index (χ0v) is 11.0. The van der Waals surface area contributed by atoms with Crippen molar-refractivity contribution in [2.45, 2.75) is 0 Å². The minimum atomic E-state index is -0.581. The van der Waals surface area contributed by atoms with Gasteiger partial charge in [0.2, 0.25) is 5.88 Å². The summed E-state index contributed by atoms with van der Waals surface area (Å²) in [6.07, 6.45) is 1.17. The van der Waals surface area contributed by atoms with Gasteiger partial charge in [-0.3, -0.25) is 10.1 Å². The summed E-state index contributed by atoms with van der Waals surface area (Å²) in [6, 6.07) is 4.10. The van der Waals surface area contributed by atoms with Gasteiger partial charge in [-0.1, -0.05) is 11.6 Å². The van der Waals surface area contributed by atoms with Gasteiger partial charge >= 0.3 is 5.69 Å². The summed E-state index contributed by atoms with van der Waals surface area (Å²) in [5, 5.41) is 10.9. The molecule has 0 bridgehead atoms. The summed E-state index contributed by atoms with van der Waals surface area (Å²) in [7, 11) is 1.34. The van der Waals surface area contributed by atoms with Crippen molar-refractivity contribution in [1.29, 1.82) is 0 Å². The molecule has 2 N–H and O–H groups in total. The van der Waals surface area contributed by atoms with E-state index in [0.29, 0.717) is 0 Å². The predicted molar refractivity (Wildman–Crippen MR) is 71.2 cm³/mol. The number of hydrogen-bond donors (Lipinski definition) is 1. The van der Waals surface area contributed by atoms with Crippen LogP contribution in [0.25, 0.3) is 0 Å². The van der Waals surface area contributed by atoms with Gasteiger partial charge in [-0.25, -0.2) is 4.98 Å². The zero-order chi connectivity index (χ0) is 14.7.